The molecule has 3 rings (SSSR count). The number of fused-ring (bicyclic) bond motifs is 1. The number of nitrogens with one attached hydrogen (secondary N) is 1. The molecule has 4 nitrogen and oxygen atoms in total. The number of pyridine rings is 1. The molecule has 0 aromatic carbocycles. The van der Waals surface area contributed by atoms with Crippen molar-refractivity contribution in [1.82, 2.24) is 19.7 Å². The molecule has 0 aliphatic carbocycles. The summed E-state index contributed by atoms with van der Waals surface area (Å²) in [5.74, 6) is 0. The lowest BCUT2D eigenvalue weighted by atomic mass is 10.1. The number of hydrogen-bond donors (Lipinski definition) is 1. The van der Waals surface area contributed by atoms with Crippen LogP contribution in [0.3, 0.4) is 0 Å². The molecule has 0 saturated carbocycles. The lowest BCUT2D eigenvalue weighted by Gasteiger charge is -2.02. The maximum atomic E-state index is 6.19. The summed E-state index contributed by atoms with van der Waals surface area (Å²) < 4.78 is 1.75. The second-order valence-corrected chi connectivity index (χ2v) is 4.03. The molecule has 0 amide bonds. The van der Waals surface area contributed by atoms with Gasteiger partial charge in [-0.2, -0.15) is 5.10 Å². The smallest absolute Gasteiger partial charge is 0.137 e. The zero-order valence-electron chi connectivity index (χ0n) is 8.61. The van der Waals surface area contributed by atoms with Crippen LogP contribution in [0, 0.1) is 0 Å². The van der Waals surface area contributed by atoms with E-state index in [-0.39, 0.29) is 0 Å². The Morgan fingerprint density at radius 2 is 2.25 bits per heavy atom. The molecule has 0 radical (unpaired) electrons. The minimum atomic E-state index is 0.639. The first kappa shape index (κ1) is 9.42. The predicted octanol–water partition coefficient (Wildman–Crippen LogP) is 2.62. The zero-order valence-corrected chi connectivity index (χ0v) is 9.36. The van der Waals surface area contributed by atoms with Crippen molar-refractivity contribution in [3.63, 3.8) is 0 Å². The lowest BCUT2D eigenvalue weighted by Crippen LogP contribution is -1.85. The molecule has 0 spiro atoms. The van der Waals surface area contributed by atoms with E-state index in [0.29, 0.717) is 5.02 Å². The van der Waals surface area contributed by atoms with E-state index in [9.17, 15) is 0 Å². The maximum Gasteiger partial charge on any atom is 0.137 e. The van der Waals surface area contributed by atoms with Crippen molar-refractivity contribution < 1.29 is 0 Å². The first-order valence-corrected chi connectivity index (χ1v) is 5.24. The Balaban J connectivity index is 2.36. The predicted molar refractivity (Wildman–Crippen MR) is 63.3 cm³/mol. The molecule has 0 saturated heterocycles. The van der Waals surface area contributed by atoms with Crippen molar-refractivity contribution in [2.45, 2.75) is 0 Å². The normalized spacial score (nSPS) is 11.1. The number of rotatable bonds is 1. The van der Waals surface area contributed by atoms with Crippen LogP contribution in [0.15, 0.2) is 30.9 Å². The quantitative estimate of drug-likeness (QED) is 0.701. The standard InChI is InChI=1S/C11H9ClN4/c1-16-6-7(4-15-16)10-8-2-3-13-11(8)14-5-9(10)12/h2-6H,1H3,(H,13,14). The second-order valence-electron chi connectivity index (χ2n) is 3.62. The van der Waals surface area contributed by atoms with E-state index in [1.54, 1.807) is 17.1 Å². The minimum absolute atomic E-state index is 0.639. The molecule has 0 fully saturated rings. The number of aromatic nitrogens is 4. The van der Waals surface area contributed by atoms with Gasteiger partial charge in [0.25, 0.3) is 0 Å². The first-order chi connectivity index (χ1) is 7.75. The van der Waals surface area contributed by atoms with Crippen LogP contribution in [-0.2, 0) is 7.05 Å². The third kappa shape index (κ3) is 1.31. The van der Waals surface area contributed by atoms with Gasteiger partial charge in [-0.25, -0.2) is 4.98 Å². The van der Waals surface area contributed by atoms with Gasteiger partial charge in [-0.15, -0.1) is 0 Å². The fourth-order valence-electron chi connectivity index (χ4n) is 1.83. The molecule has 0 aliphatic rings. The summed E-state index contributed by atoms with van der Waals surface area (Å²) in [4.78, 5) is 7.29. The van der Waals surface area contributed by atoms with Crippen molar-refractivity contribution in [3.05, 3.63) is 35.9 Å². The van der Waals surface area contributed by atoms with Gasteiger partial charge in [0.2, 0.25) is 0 Å². The summed E-state index contributed by atoms with van der Waals surface area (Å²) in [6.45, 7) is 0. The van der Waals surface area contributed by atoms with Gasteiger partial charge >= 0.3 is 0 Å². The third-order valence-electron chi connectivity index (χ3n) is 2.53. The molecule has 1 N–H and O–H groups in total. The Labute approximate surface area is 96.9 Å². The Bertz CT molecular complexity index is 653. The van der Waals surface area contributed by atoms with E-state index in [0.717, 1.165) is 22.2 Å². The van der Waals surface area contributed by atoms with Gasteiger partial charge in [0.1, 0.15) is 5.65 Å². The largest absolute Gasteiger partial charge is 0.346 e. The second kappa shape index (κ2) is 3.35. The van der Waals surface area contributed by atoms with Gasteiger partial charge in [-0.05, 0) is 6.07 Å². The van der Waals surface area contributed by atoms with Crippen LogP contribution in [0.5, 0.6) is 0 Å². The SMILES string of the molecule is Cn1cc(-c2c(Cl)cnc3[nH]ccc23)cn1. The zero-order chi connectivity index (χ0) is 11.1. The summed E-state index contributed by atoms with van der Waals surface area (Å²) in [6.07, 6.45) is 7.25. The third-order valence-corrected chi connectivity index (χ3v) is 2.82. The number of nitrogens with zero attached hydrogens (tertiary/aromatic N) is 3. The van der Waals surface area contributed by atoms with Gasteiger partial charge in [-0.1, -0.05) is 11.6 Å². The molecule has 16 heavy (non-hydrogen) atoms. The van der Waals surface area contributed by atoms with Gasteiger partial charge in [-0.3, -0.25) is 4.68 Å². The lowest BCUT2D eigenvalue weighted by molar-refractivity contribution is 0.768. The highest BCUT2D eigenvalue weighted by Crippen LogP contribution is 2.33. The Hall–Kier alpha value is -1.81. The van der Waals surface area contributed by atoms with Crippen LogP contribution >= 0.6 is 11.6 Å². The van der Waals surface area contributed by atoms with Gasteiger partial charge in [0.15, 0.2) is 0 Å². The molecule has 0 aliphatic heterocycles. The Kier molecular flexibility index (Phi) is 1.97. The molecule has 0 unspecified atom stereocenters. The highest BCUT2D eigenvalue weighted by Gasteiger charge is 2.11. The molecule has 0 atom stereocenters. The number of H-pyrrole nitrogens is 1. The number of hydrogen-bond acceptors (Lipinski definition) is 2. The van der Waals surface area contributed by atoms with E-state index in [2.05, 4.69) is 15.1 Å². The summed E-state index contributed by atoms with van der Waals surface area (Å²) in [7, 11) is 1.88. The first-order valence-electron chi connectivity index (χ1n) is 4.86. The van der Waals surface area contributed by atoms with Crippen LogP contribution in [0.25, 0.3) is 22.2 Å². The van der Waals surface area contributed by atoms with Gasteiger partial charge in [0, 0.05) is 42.2 Å². The summed E-state index contributed by atoms with van der Waals surface area (Å²) in [6, 6.07) is 1.97. The van der Waals surface area contributed by atoms with Crippen LogP contribution in [0.1, 0.15) is 0 Å². The molecular formula is C11H9ClN4. The van der Waals surface area contributed by atoms with Crippen LogP contribution in [0.4, 0.5) is 0 Å². The monoisotopic (exact) mass is 232 g/mol. The minimum Gasteiger partial charge on any atom is -0.346 e. The molecule has 0 bridgehead atoms. The summed E-state index contributed by atoms with van der Waals surface area (Å²) in [5, 5.41) is 5.81. The molecule has 80 valence electrons. The van der Waals surface area contributed by atoms with Crippen molar-refractivity contribution in [2.24, 2.45) is 7.05 Å². The van der Waals surface area contributed by atoms with E-state index in [4.69, 9.17) is 11.6 Å². The Morgan fingerprint density at radius 1 is 1.38 bits per heavy atom. The van der Waals surface area contributed by atoms with Gasteiger partial charge in [0.05, 0.1) is 11.2 Å². The highest BCUT2D eigenvalue weighted by atomic mass is 35.5. The van der Waals surface area contributed by atoms with E-state index in [1.807, 2.05) is 25.5 Å². The topological polar surface area (TPSA) is 46.5 Å². The summed E-state index contributed by atoms with van der Waals surface area (Å²) >= 11 is 6.19. The highest BCUT2D eigenvalue weighted by molar-refractivity contribution is 6.34. The van der Waals surface area contributed by atoms with E-state index < -0.39 is 0 Å². The average Bonchev–Trinajstić information content (AvgIpc) is 2.86. The Morgan fingerprint density at radius 3 is 3.00 bits per heavy atom. The van der Waals surface area contributed by atoms with Crippen LogP contribution in [-0.4, -0.2) is 19.7 Å². The fraction of sp³-hybridized carbons (Fsp3) is 0.0909. The van der Waals surface area contributed by atoms with Crippen LogP contribution in [0.2, 0.25) is 5.02 Å². The average molecular weight is 233 g/mol. The summed E-state index contributed by atoms with van der Waals surface area (Å²) in [5.41, 5.74) is 2.81. The molecular weight excluding hydrogens is 224 g/mol. The van der Waals surface area contributed by atoms with Crippen molar-refractivity contribution in [1.29, 1.82) is 0 Å². The fourth-order valence-corrected chi connectivity index (χ4v) is 2.09. The molecule has 5 heteroatoms. The number of aryl methyl sites for hydroxylation is 1. The van der Waals surface area contributed by atoms with Crippen molar-refractivity contribution >= 4 is 22.6 Å². The van der Waals surface area contributed by atoms with E-state index >= 15 is 0 Å². The number of aromatic amines is 1. The number of halogens is 1. The molecule has 3 heterocycles. The van der Waals surface area contributed by atoms with Crippen molar-refractivity contribution in [3.8, 4) is 11.1 Å². The molecule has 3 aromatic rings. The maximum absolute atomic E-state index is 6.19. The van der Waals surface area contributed by atoms with E-state index in [1.165, 1.54) is 0 Å². The van der Waals surface area contributed by atoms with Gasteiger partial charge < -0.3 is 4.98 Å². The van der Waals surface area contributed by atoms with Crippen molar-refractivity contribution in [2.75, 3.05) is 0 Å². The molecule has 3 aromatic heterocycles. The van der Waals surface area contributed by atoms with Crippen LogP contribution < -0.4 is 0 Å².